The lowest BCUT2D eigenvalue weighted by atomic mass is 10.1. The lowest BCUT2D eigenvalue weighted by Crippen LogP contribution is -2.41. The first-order chi connectivity index (χ1) is 13.2. The lowest BCUT2D eigenvalue weighted by Gasteiger charge is -2.23. The molecule has 0 saturated carbocycles. The van der Waals surface area contributed by atoms with Gasteiger partial charge in [0.25, 0.3) is 0 Å². The molecular weight excluding hydrogens is 448 g/mol. The Kier molecular flexibility index (Phi) is 7.31. The van der Waals surface area contributed by atoms with E-state index >= 15 is 0 Å². The highest BCUT2D eigenvalue weighted by molar-refractivity contribution is 9.10. The molecule has 2 aromatic rings. The van der Waals surface area contributed by atoms with E-state index in [0.717, 1.165) is 20.6 Å². The Labute approximate surface area is 173 Å². The molecule has 9 heteroatoms. The van der Waals surface area contributed by atoms with E-state index in [1.54, 1.807) is 43.5 Å². The molecule has 0 bridgehead atoms. The summed E-state index contributed by atoms with van der Waals surface area (Å²) in [6.07, 6.45) is 1.07. The fraction of sp³-hybridized carbons (Fsp3) is 0.316. The fourth-order valence-corrected chi connectivity index (χ4v) is 3.75. The van der Waals surface area contributed by atoms with Crippen molar-refractivity contribution in [3.63, 3.8) is 0 Å². The number of sulfonamides is 1. The van der Waals surface area contributed by atoms with Crippen LogP contribution >= 0.6 is 15.9 Å². The van der Waals surface area contributed by atoms with Crippen molar-refractivity contribution in [1.29, 1.82) is 0 Å². The molecule has 0 radical (unpaired) electrons. The summed E-state index contributed by atoms with van der Waals surface area (Å²) in [7, 11) is -0.544. The van der Waals surface area contributed by atoms with Crippen molar-refractivity contribution in [2.45, 2.75) is 13.0 Å². The molecule has 1 N–H and O–H groups in total. The van der Waals surface area contributed by atoms with E-state index in [1.165, 1.54) is 7.11 Å². The molecule has 0 fully saturated rings. The minimum atomic E-state index is -3.63. The summed E-state index contributed by atoms with van der Waals surface area (Å²) in [6, 6.07) is 11.7. The summed E-state index contributed by atoms with van der Waals surface area (Å²) < 4.78 is 36.7. The second kappa shape index (κ2) is 9.29. The predicted octanol–water partition coefficient (Wildman–Crippen LogP) is 3.11. The van der Waals surface area contributed by atoms with Gasteiger partial charge in [-0.05, 0) is 48.9 Å². The molecule has 0 spiro atoms. The van der Waals surface area contributed by atoms with Crippen LogP contribution in [-0.4, -0.2) is 41.3 Å². The van der Waals surface area contributed by atoms with Crippen LogP contribution in [0.3, 0.4) is 0 Å². The Morgan fingerprint density at radius 2 is 1.71 bits per heavy atom. The standard InChI is InChI=1S/C19H23BrN2O5S/c1-13(14-5-10-17(26-2)18(11-14)27-3)21-19(23)12-22(28(4,24)25)16-8-6-15(20)7-9-16/h5-11,13H,12H2,1-4H3,(H,21,23). The van der Waals surface area contributed by atoms with Gasteiger partial charge in [-0.1, -0.05) is 22.0 Å². The number of carbonyl (C=O) groups excluding carboxylic acids is 1. The van der Waals surface area contributed by atoms with Crippen molar-refractivity contribution in [2.24, 2.45) is 0 Å². The van der Waals surface area contributed by atoms with Gasteiger partial charge in [-0.25, -0.2) is 8.42 Å². The van der Waals surface area contributed by atoms with Gasteiger partial charge in [0.2, 0.25) is 15.9 Å². The van der Waals surface area contributed by atoms with E-state index in [2.05, 4.69) is 21.2 Å². The van der Waals surface area contributed by atoms with Crippen molar-refractivity contribution in [1.82, 2.24) is 5.32 Å². The average molecular weight is 471 g/mol. The lowest BCUT2D eigenvalue weighted by molar-refractivity contribution is -0.120. The van der Waals surface area contributed by atoms with Gasteiger partial charge in [-0.2, -0.15) is 0 Å². The molecule has 1 amide bonds. The molecular formula is C19H23BrN2O5S. The van der Waals surface area contributed by atoms with E-state index in [1.807, 2.05) is 13.0 Å². The molecule has 0 aliphatic rings. The summed E-state index contributed by atoms with van der Waals surface area (Å²) in [5.74, 6) is 0.715. The molecule has 2 rings (SSSR count). The largest absolute Gasteiger partial charge is 0.493 e. The first kappa shape index (κ1) is 22.0. The Morgan fingerprint density at radius 3 is 2.25 bits per heavy atom. The minimum Gasteiger partial charge on any atom is -0.493 e. The number of halogens is 1. The van der Waals surface area contributed by atoms with Gasteiger partial charge >= 0.3 is 0 Å². The fourth-order valence-electron chi connectivity index (χ4n) is 2.63. The number of nitrogens with one attached hydrogen (secondary N) is 1. The normalized spacial score (nSPS) is 12.2. The number of carbonyl (C=O) groups is 1. The third-order valence-corrected chi connectivity index (χ3v) is 5.76. The molecule has 1 unspecified atom stereocenters. The molecule has 0 aliphatic carbocycles. The quantitative estimate of drug-likeness (QED) is 0.640. The maximum Gasteiger partial charge on any atom is 0.241 e. The highest BCUT2D eigenvalue weighted by Gasteiger charge is 2.22. The maximum absolute atomic E-state index is 12.5. The van der Waals surface area contributed by atoms with E-state index in [0.29, 0.717) is 17.2 Å². The van der Waals surface area contributed by atoms with Gasteiger partial charge in [-0.3, -0.25) is 9.10 Å². The number of ether oxygens (including phenoxy) is 2. The summed E-state index contributed by atoms with van der Waals surface area (Å²) in [4.78, 5) is 12.5. The second-order valence-corrected chi connectivity index (χ2v) is 8.97. The number of hydrogen-bond acceptors (Lipinski definition) is 5. The molecule has 0 aliphatic heterocycles. The van der Waals surface area contributed by atoms with Crippen molar-refractivity contribution in [3.05, 3.63) is 52.5 Å². The Balaban J connectivity index is 2.15. The maximum atomic E-state index is 12.5. The molecule has 2 aromatic carbocycles. The topological polar surface area (TPSA) is 84.9 Å². The number of nitrogens with zero attached hydrogens (tertiary/aromatic N) is 1. The summed E-state index contributed by atoms with van der Waals surface area (Å²) in [6.45, 7) is 1.49. The Morgan fingerprint density at radius 1 is 1.11 bits per heavy atom. The third kappa shape index (κ3) is 5.62. The molecule has 1 atom stereocenters. The van der Waals surface area contributed by atoms with Gasteiger partial charge in [0, 0.05) is 4.47 Å². The predicted molar refractivity (Wildman–Crippen MR) is 112 cm³/mol. The van der Waals surface area contributed by atoms with E-state index in [9.17, 15) is 13.2 Å². The number of hydrogen-bond donors (Lipinski definition) is 1. The van der Waals surface area contributed by atoms with Gasteiger partial charge < -0.3 is 14.8 Å². The molecule has 0 heterocycles. The zero-order valence-corrected chi connectivity index (χ0v) is 18.5. The van der Waals surface area contributed by atoms with Crippen LogP contribution in [0.1, 0.15) is 18.5 Å². The van der Waals surface area contributed by atoms with Gasteiger partial charge in [-0.15, -0.1) is 0 Å². The number of anilines is 1. The van der Waals surface area contributed by atoms with Crippen LogP contribution in [0.2, 0.25) is 0 Å². The number of benzene rings is 2. The van der Waals surface area contributed by atoms with Crippen LogP contribution in [0.25, 0.3) is 0 Å². The van der Waals surface area contributed by atoms with Crippen LogP contribution in [0.15, 0.2) is 46.9 Å². The molecule has 7 nitrogen and oxygen atoms in total. The average Bonchev–Trinajstić information content (AvgIpc) is 2.65. The first-order valence-electron chi connectivity index (χ1n) is 8.40. The summed E-state index contributed by atoms with van der Waals surface area (Å²) >= 11 is 3.31. The first-order valence-corrected chi connectivity index (χ1v) is 11.0. The van der Waals surface area contributed by atoms with E-state index in [-0.39, 0.29) is 12.6 Å². The zero-order chi connectivity index (χ0) is 20.9. The Bertz CT molecular complexity index is 932. The van der Waals surface area contributed by atoms with Crippen molar-refractivity contribution in [2.75, 3.05) is 31.3 Å². The third-order valence-electron chi connectivity index (χ3n) is 4.09. The highest BCUT2D eigenvalue weighted by atomic mass is 79.9. The van der Waals surface area contributed by atoms with Crippen LogP contribution in [0.5, 0.6) is 11.5 Å². The molecule has 28 heavy (non-hydrogen) atoms. The summed E-state index contributed by atoms with van der Waals surface area (Å²) in [5, 5.41) is 2.82. The van der Waals surface area contributed by atoms with Crippen molar-refractivity contribution >= 4 is 37.5 Å². The van der Waals surface area contributed by atoms with Crippen LogP contribution in [0.4, 0.5) is 5.69 Å². The molecule has 152 valence electrons. The number of methoxy groups -OCH3 is 2. The Hall–Kier alpha value is -2.26. The minimum absolute atomic E-state index is 0.321. The van der Waals surface area contributed by atoms with Gasteiger partial charge in [0.15, 0.2) is 11.5 Å². The zero-order valence-electron chi connectivity index (χ0n) is 16.1. The van der Waals surface area contributed by atoms with Crippen LogP contribution < -0.4 is 19.1 Å². The van der Waals surface area contributed by atoms with Crippen LogP contribution in [-0.2, 0) is 14.8 Å². The smallest absolute Gasteiger partial charge is 0.241 e. The number of rotatable bonds is 8. The van der Waals surface area contributed by atoms with E-state index < -0.39 is 15.9 Å². The SMILES string of the molecule is COc1ccc(C(C)NC(=O)CN(c2ccc(Br)cc2)S(C)(=O)=O)cc1OC. The van der Waals surface area contributed by atoms with Gasteiger partial charge in [0.1, 0.15) is 6.54 Å². The second-order valence-electron chi connectivity index (χ2n) is 6.15. The van der Waals surface area contributed by atoms with Crippen molar-refractivity contribution < 1.29 is 22.7 Å². The number of amides is 1. The molecule has 0 saturated heterocycles. The molecule has 0 aromatic heterocycles. The summed E-state index contributed by atoms with van der Waals surface area (Å²) in [5.41, 5.74) is 1.22. The monoisotopic (exact) mass is 470 g/mol. The van der Waals surface area contributed by atoms with Gasteiger partial charge in [0.05, 0.1) is 32.2 Å². The highest BCUT2D eigenvalue weighted by Crippen LogP contribution is 2.30. The van der Waals surface area contributed by atoms with E-state index in [4.69, 9.17) is 9.47 Å². The van der Waals surface area contributed by atoms with Crippen LogP contribution in [0, 0.1) is 0 Å². The van der Waals surface area contributed by atoms with Crippen molar-refractivity contribution in [3.8, 4) is 11.5 Å².